The Bertz CT molecular complexity index is 1480. The predicted octanol–water partition coefficient (Wildman–Crippen LogP) is 3.74. The van der Waals surface area contributed by atoms with Crippen molar-refractivity contribution < 1.29 is 4.79 Å². The summed E-state index contributed by atoms with van der Waals surface area (Å²) in [6, 6.07) is 16.3. The molecule has 0 aliphatic carbocycles. The molecule has 0 aliphatic rings. The van der Waals surface area contributed by atoms with Crippen LogP contribution in [0.15, 0.2) is 63.0 Å². The molecule has 0 unspecified atom stereocenters. The number of carbonyl (C=O) groups is 1. The molecule has 0 radical (unpaired) electrons. The zero-order valence-corrected chi connectivity index (χ0v) is 19.2. The smallest absolute Gasteiger partial charge is 0.273 e. The van der Waals surface area contributed by atoms with E-state index in [0.717, 1.165) is 5.56 Å². The van der Waals surface area contributed by atoms with Gasteiger partial charge < -0.3 is 11.1 Å². The number of pyridine rings is 1. The molecule has 4 rings (SSSR count). The standard InChI is InChI=1S/C23H17N7O2S2/c24-11-16-21(14-6-8-33-13-14)17(12-25)23(28-22(16)26)34-9-7-19(31)27-18-10-20(32)30(29-18)15-4-2-1-3-5-15/h1-6,8,10,13,29H,7,9H2,(H2,26,28)(H,27,31). The van der Waals surface area contributed by atoms with E-state index in [1.54, 1.807) is 24.3 Å². The molecule has 0 spiro atoms. The lowest BCUT2D eigenvalue weighted by molar-refractivity contribution is -0.115. The molecule has 0 atom stereocenters. The molecule has 9 nitrogen and oxygen atoms in total. The lowest BCUT2D eigenvalue weighted by Gasteiger charge is -2.11. The molecule has 11 heteroatoms. The number of H-pyrrole nitrogens is 1. The second-order valence-corrected chi connectivity index (χ2v) is 8.85. The van der Waals surface area contributed by atoms with Crippen molar-refractivity contribution in [3.63, 3.8) is 0 Å². The maximum absolute atomic E-state index is 12.4. The number of aromatic amines is 1. The highest BCUT2D eigenvalue weighted by atomic mass is 32.2. The first-order chi connectivity index (χ1) is 16.5. The molecule has 4 N–H and O–H groups in total. The lowest BCUT2D eigenvalue weighted by Crippen LogP contribution is -2.14. The lowest BCUT2D eigenvalue weighted by atomic mass is 9.99. The molecule has 168 valence electrons. The van der Waals surface area contributed by atoms with E-state index in [1.165, 1.54) is 33.8 Å². The molecule has 0 bridgehead atoms. The van der Waals surface area contributed by atoms with Crippen LogP contribution in [0.4, 0.5) is 11.6 Å². The van der Waals surface area contributed by atoms with Gasteiger partial charge in [0.25, 0.3) is 5.56 Å². The molecule has 0 saturated heterocycles. The number of thioether (sulfide) groups is 1. The highest BCUT2D eigenvalue weighted by Crippen LogP contribution is 2.36. The van der Waals surface area contributed by atoms with Gasteiger partial charge >= 0.3 is 0 Å². The van der Waals surface area contributed by atoms with Gasteiger partial charge in [0.2, 0.25) is 5.91 Å². The number of amides is 1. The third-order valence-corrected chi connectivity index (χ3v) is 6.46. The van der Waals surface area contributed by atoms with Crippen molar-refractivity contribution in [2.45, 2.75) is 11.4 Å². The third kappa shape index (κ3) is 4.71. The maximum Gasteiger partial charge on any atom is 0.273 e. The number of hydrogen-bond donors (Lipinski definition) is 3. The fraction of sp³-hybridized carbons (Fsp3) is 0.0870. The Morgan fingerprint density at radius 1 is 1.21 bits per heavy atom. The van der Waals surface area contributed by atoms with Crippen molar-refractivity contribution >= 4 is 40.6 Å². The average Bonchev–Trinajstić information content (AvgIpc) is 3.49. The number of rotatable bonds is 7. The number of aromatic nitrogens is 3. The first-order valence-electron chi connectivity index (χ1n) is 9.98. The zero-order chi connectivity index (χ0) is 24.1. The van der Waals surface area contributed by atoms with Gasteiger partial charge in [-0.25, -0.2) is 9.67 Å². The van der Waals surface area contributed by atoms with Crippen molar-refractivity contribution in [2.24, 2.45) is 0 Å². The van der Waals surface area contributed by atoms with Gasteiger partial charge in [-0.15, -0.1) is 11.8 Å². The topological polar surface area (TPSA) is 153 Å². The predicted molar refractivity (Wildman–Crippen MR) is 132 cm³/mol. The van der Waals surface area contributed by atoms with Crippen LogP contribution in [0.2, 0.25) is 0 Å². The van der Waals surface area contributed by atoms with Crippen molar-refractivity contribution in [3.05, 3.63) is 74.7 Å². The van der Waals surface area contributed by atoms with Gasteiger partial charge in [0, 0.05) is 23.8 Å². The van der Waals surface area contributed by atoms with E-state index in [0.29, 0.717) is 22.0 Å². The summed E-state index contributed by atoms with van der Waals surface area (Å²) in [6.07, 6.45) is 0.101. The SMILES string of the molecule is N#Cc1c(N)nc(SCCC(=O)Nc2cc(=O)n(-c3ccccc3)[nH]2)c(C#N)c1-c1ccsc1. The molecule has 3 aromatic heterocycles. The number of nitrogens with one attached hydrogen (secondary N) is 2. The van der Waals surface area contributed by atoms with Crippen molar-refractivity contribution in [3.8, 4) is 29.0 Å². The summed E-state index contributed by atoms with van der Waals surface area (Å²) >= 11 is 2.64. The average molecular weight is 488 g/mol. The van der Waals surface area contributed by atoms with Gasteiger partial charge in [-0.2, -0.15) is 21.9 Å². The quantitative estimate of drug-likeness (QED) is 0.336. The highest BCUT2D eigenvalue weighted by Gasteiger charge is 2.21. The normalized spacial score (nSPS) is 10.4. The van der Waals surface area contributed by atoms with Gasteiger partial charge in [-0.1, -0.05) is 18.2 Å². The fourth-order valence-corrected chi connectivity index (χ4v) is 4.86. The molecule has 0 saturated carbocycles. The fourth-order valence-electron chi connectivity index (χ4n) is 3.28. The molecule has 34 heavy (non-hydrogen) atoms. The number of hydrogen-bond acceptors (Lipinski definition) is 8. The first kappa shape index (κ1) is 22.9. The van der Waals surface area contributed by atoms with Crippen molar-refractivity contribution in [1.82, 2.24) is 14.8 Å². The van der Waals surface area contributed by atoms with Crippen molar-refractivity contribution in [1.29, 1.82) is 10.5 Å². The highest BCUT2D eigenvalue weighted by molar-refractivity contribution is 7.99. The van der Waals surface area contributed by atoms with Crippen LogP contribution in [0.3, 0.4) is 0 Å². The molecule has 3 heterocycles. The largest absolute Gasteiger partial charge is 0.383 e. The van der Waals surface area contributed by atoms with Gasteiger partial charge in [0.1, 0.15) is 34.4 Å². The second kappa shape index (κ2) is 10.1. The number of carbonyl (C=O) groups excluding carboxylic acids is 1. The summed E-state index contributed by atoms with van der Waals surface area (Å²) in [6.45, 7) is 0. The Balaban J connectivity index is 1.46. The Labute approximate surface area is 202 Å². The number of nitrogens with zero attached hydrogens (tertiary/aromatic N) is 4. The number of nitrogen functional groups attached to an aromatic ring is 1. The van der Waals surface area contributed by atoms with Crippen LogP contribution in [0.1, 0.15) is 17.5 Å². The minimum atomic E-state index is -0.313. The molecule has 1 aromatic carbocycles. The van der Waals surface area contributed by atoms with Gasteiger partial charge in [-0.3, -0.25) is 14.7 Å². The molecule has 1 amide bonds. The third-order valence-electron chi connectivity index (χ3n) is 4.80. The van der Waals surface area contributed by atoms with Crippen LogP contribution in [0.5, 0.6) is 0 Å². The summed E-state index contributed by atoms with van der Waals surface area (Å²) in [5.74, 6) is 0.314. The van der Waals surface area contributed by atoms with E-state index in [1.807, 2.05) is 29.0 Å². The van der Waals surface area contributed by atoms with Gasteiger partial charge in [0.15, 0.2) is 0 Å². The van der Waals surface area contributed by atoms with E-state index in [9.17, 15) is 20.1 Å². The molecule has 4 aromatic rings. The van der Waals surface area contributed by atoms with E-state index >= 15 is 0 Å². The van der Waals surface area contributed by atoms with Crippen LogP contribution >= 0.6 is 23.1 Å². The number of para-hydroxylation sites is 1. The summed E-state index contributed by atoms with van der Waals surface area (Å²) in [4.78, 5) is 28.9. The van der Waals surface area contributed by atoms with Crippen LogP contribution in [-0.2, 0) is 4.79 Å². The van der Waals surface area contributed by atoms with Crippen LogP contribution in [-0.4, -0.2) is 26.4 Å². The zero-order valence-electron chi connectivity index (χ0n) is 17.6. The molecular formula is C23H17N7O2S2. The monoisotopic (exact) mass is 487 g/mol. The number of thiophene rings is 1. The first-order valence-corrected chi connectivity index (χ1v) is 11.9. The van der Waals surface area contributed by atoms with Crippen molar-refractivity contribution in [2.75, 3.05) is 16.8 Å². The van der Waals surface area contributed by atoms with E-state index in [-0.39, 0.29) is 40.6 Å². The summed E-state index contributed by atoms with van der Waals surface area (Å²) in [7, 11) is 0. The second-order valence-electron chi connectivity index (χ2n) is 6.99. The van der Waals surface area contributed by atoms with Crippen LogP contribution in [0.25, 0.3) is 16.8 Å². The number of anilines is 2. The maximum atomic E-state index is 12.4. The Kier molecular flexibility index (Phi) is 6.78. The molecule has 0 aliphatic heterocycles. The Morgan fingerprint density at radius 2 is 1.97 bits per heavy atom. The minimum absolute atomic E-state index is 0.0366. The van der Waals surface area contributed by atoms with Gasteiger partial charge in [0.05, 0.1) is 11.3 Å². The van der Waals surface area contributed by atoms with E-state index < -0.39 is 0 Å². The summed E-state index contributed by atoms with van der Waals surface area (Å²) < 4.78 is 1.33. The minimum Gasteiger partial charge on any atom is -0.383 e. The van der Waals surface area contributed by atoms with E-state index in [4.69, 9.17) is 5.73 Å². The number of benzene rings is 1. The molecule has 0 fully saturated rings. The summed E-state index contributed by atoms with van der Waals surface area (Å²) in [5, 5.41) is 28.9. The van der Waals surface area contributed by atoms with Crippen LogP contribution < -0.4 is 16.6 Å². The van der Waals surface area contributed by atoms with E-state index in [2.05, 4.69) is 21.5 Å². The molecular weight excluding hydrogens is 470 g/mol. The summed E-state index contributed by atoms with van der Waals surface area (Å²) in [5.41, 5.74) is 7.92. The van der Waals surface area contributed by atoms with Crippen LogP contribution in [0, 0.1) is 22.7 Å². The number of nitrogens with two attached hydrogens (primary N) is 1. The Morgan fingerprint density at radius 3 is 2.65 bits per heavy atom. The Hall–Kier alpha value is -4.32. The number of nitriles is 2. The van der Waals surface area contributed by atoms with Gasteiger partial charge in [-0.05, 0) is 34.5 Å².